The van der Waals surface area contributed by atoms with Crippen LogP contribution in [-0.4, -0.2) is 75.0 Å². The second-order valence-corrected chi connectivity index (χ2v) is 7.53. The molecule has 1 amide bonds. The highest BCUT2D eigenvalue weighted by Crippen LogP contribution is 2.18. The van der Waals surface area contributed by atoms with E-state index >= 15 is 0 Å². The van der Waals surface area contributed by atoms with Crippen molar-refractivity contribution < 1.29 is 9.18 Å². The maximum absolute atomic E-state index is 13.2. The van der Waals surface area contributed by atoms with E-state index in [1.54, 1.807) is 18.0 Å². The van der Waals surface area contributed by atoms with Crippen molar-refractivity contribution in [3.63, 3.8) is 0 Å². The Morgan fingerprint density at radius 1 is 1.31 bits per heavy atom. The van der Waals surface area contributed by atoms with Crippen molar-refractivity contribution in [2.75, 3.05) is 47.3 Å². The van der Waals surface area contributed by atoms with Crippen molar-refractivity contribution in [1.29, 1.82) is 0 Å². The van der Waals surface area contributed by atoms with E-state index in [1.807, 2.05) is 27.1 Å². The smallest absolute Gasteiger partial charge is 0.239 e. The fourth-order valence-corrected chi connectivity index (χ4v) is 3.64. The Bertz CT molecular complexity index is 683. The van der Waals surface area contributed by atoms with Crippen LogP contribution < -0.4 is 10.6 Å². The first-order valence-corrected chi connectivity index (χ1v) is 10.1. The Morgan fingerprint density at radius 2 is 2.03 bits per heavy atom. The summed E-state index contributed by atoms with van der Waals surface area (Å²) < 4.78 is 13.2. The predicted molar refractivity (Wildman–Crippen MR) is 128 cm³/mol. The predicted octanol–water partition coefficient (Wildman–Crippen LogP) is 2.40. The van der Waals surface area contributed by atoms with Crippen LogP contribution >= 0.6 is 24.0 Å². The van der Waals surface area contributed by atoms with Gasteiger partial charge in [0.25, 0.3) is 0 Å². The zero-order chi connectivity index (χ0) is 20.5. The van der Waals surface area contributed by atoms with Crippen molar-refractivity contribution in [3.8, 4) is 0 Å². The normalized spacial score (nSPS) is 17.0. The number of guanidine groups is 1. The average Bonchev–Trinajstić information content (AvgIpc) is 3.12. The minimum absolute atomic E-state index is 0. The Balaban J connectivity index is 0.00000420. The summed E-state index contributed by atoms with van der Waals surface area (Å²) in [5, 5.41) is 6.63. The van der Waals surface area contributed by atoms with Crippen molar-refractivity contribution in [2.24, 2.45) is 4.99 Å². The molecule has 29 heavy (non-hydrogen) atoms. The lowest BCUT2D eigenvalue weighted by atomic mass is 10.1. The van der Waals surface area contributed by atoms with Gasteiger partial charge in [-0.3, -0.25) is 14.7 Å². The second-order valence-electron chi connectivity index (χ2n) is 7.53. The fourth-order valence-electron chi connectivity index (χ4n) is 3.64. The van der Waals surface area contributed by atoms with Crippen LogP contribution in [0.25, 0.3) is 0 Å². The van der Waals surface area contributed by atoms with E-state index in [1.165, 1.54) is 6.07 Å². The first-order chi connectivity index (χ1) is 13.4. The molecule has 1 fully saturated rings. The summed E-state index contributed by atoms with van der Waals surface area (Å²) in [5.41, 5.74) is 2.10. The summed E-state index contributed by atoms with van der Waals surface area (Å²) in [7, 11) is 5.40. The van der Waals surface area contributed by atoms with Crippen LogP contribution in [0.1, 0.15) is 30.4 Å². The van der Waals surface area contributed by atoms with Crippen molar-refractivity contribution >= 4 is 35.8 Å². The van der Waals surface area contributed by atoms with Crippen molar-refractivity contribution in [1.82, 2.24) is 20.4 Å². The number of hydrogen-bond acceptors (Lipinski definition) is 3. The third kappa shape index (κ3) is 8.08. The topological polar surface area (TPSA) is 60.0 Å². The molecule has 8 heteroatoms. The van der Waals surface area contributed by atoms with Crippen LogP contribution in [-0.2, 0) is 11.2 Å². The number of rotatable bonds is 8. The molecular weight excluding hydrogens is 484 g/mol. The van der Waals surface area contributed by atoms with Gasteiger partial charge in [0, 0.05) is 40.8 Å². The number of carbonyl (C=O) groups excluding carboxylic acids is 1. The molecule has 1 heterocycles. The summed E-state index contributed by atoms with van der Waals surface area (Å²) >= 11 is 0. The van der Waals surface area contributed by atoms with Crippen LogP contribution in [0.15, 0.2) is 23.2 Å². The number of hydrogen-bond donors (Lipinski definition) is 2. The molecule has 2 N–H and O–H groups in total. The number of carbonyl (C=O) groups is 1. The number of amides is 1. The number of benzene rings is 1. The Morgan fingerprint density at radius 3 is 2.69 bits per heavy atom. The highest BCUT2D eigenvalue weighted by Gasteiger charge is 2.30. The van der Waals surface area contributed by atoms with Gasteiger partial charge in [0.1, 0.15) is 5.82 Å². The molecular formula is C21H35FIN5O. The lowest BCUT2D eigenvalue weighted by molar-refractivity contribution is -0.133. The van der Waals surface area contributed by atoms with Gasteiger partial charge in [-0.25, -0.2) is 4.39 Å². The molecule has 0 aliphatic carbocycles. The molecule has 164 valence electrons. The van der Waals surface area contributed by atoms with E-state index in [2.05, 4.69) is 20.5 Å². The van der Waals surface area contributed by atoms with E-state index in [9.17, 15) is 9.18 Å². The van der Waals surface area contributed by atoms with Crippen LogP contribution in [0.4, 0.5) is 4.39 Å². The third-order valence-corrected chi connectivity index (χ3v) is 5.22. The third-order valence-electron chi connectivity index (χ3n) is 5.22. The molecule has 1 aromatic rings. The molecule has 1 aliphatic rings. The van der Waals surface area contributed by atoms with E-state index in [0.717, 1.165) is 68.9 Å². The van der Waals surface area contributed by atoms with Gasteiger partial charge in [-0.1, -0.05) is 6.07 Å². The van der Waals surface area contributed by atoms with Gasteiger partial charge in [0.15, 0.2) is 5.96 Å². The monoisotopic (exact) mass is 519 g/mol. The van der Waals surface area contributed by atoms with E-state index < -0.39 is 0 Å². The SMILES string of the molecule is CN=C(NCCCN1CCCC1C(=O)N(C)C)NCCc1ccc(F)cc1C.I. The first-order valence-electron chi connectivity index (χ1n) is 10.1. The fraction of sp³-hybridized carbons (Fsp3) is 0.619. The molecule has 1 aromatic carbocycles. The van der Waals surface area contributed by atoms with Gasteiger partial charge in [0.2, 0.25) is 5.91 Å². The van der Waals surface area contributed by atoms with Crippen LogP contribution in [0.2, 0.25) is 0 Å². The number of likely N-dealkylation sites (tertiary alicyclic amines) is 1. The van der Waals surface area contributed by atoms with E-state index in [0.29, 0.717) is 0 Å². The first kappa shape index (κ1) is 25.6. The minimum Gasteiger partial charge on any atom is -0.356 e. The van der Waals surface area contributed by atoms with Crippen LogP contribution in [0.5, 0.6) is 0 Å². The Labute approximate surface area is 191 Å². The van der Waals surface area contributed by atoms with Gasteiger partial charge >= 0.3 is 0 Å². The number of likely N-dealkylation sites (N-methyl/N-ethyl adjacent to an activating group) is 1. The zero-order valence-corrected chi connectivity index (χ0v) is 20.3. The maximum atomic E-state index is 13.2. The summed E-state index contributed by atoms with van der Waals surface area (Å²) in [6, 6.07) is 4.94. The number of aliphatic imine (C=N–C) groups is 1. The lowest BCUT2D eigenvalue weighted by Crippen LogP contribution is -2.44. The highest BCUT2D eigenvalue weighted by atomic mass is 127. The molecule has 1 saturated heterocycles. The van der Waals surface area contributed by atoms with Crippen LogP contribution in [0, 0.1) is 12.7 Å². The molecule has 0 bridgehead atoms. The number of aryl methyl sites for hydroxylation is 1. The number of nitrogens with one attached hydrogen (secondary N) is 2. The lowest BCUT2D eigenvalue weighted by Gasteiger charge is -2.26. The zero-order valence-electron chi connectivity index (χ0n) is 18.0. The van der Waals surface area contributed by atoms with E-state index in [4.69, 9.17) is 0 Å². The summed E-state index contributed by atoms with van der Waals surface area (Å²) in [4.78, 5) is 20.5. The maximum Gasteiger partial charge on any atom is 0.239 e. The minimum atomic E-state index is -0.195. The Hall–Kier alpha value is -1.42. The molecule has 0 radical (unpaired) electrons. The Kier molecular flexibility index (Phi) is 11.5. The molecule has 0 spiro atoms. The van der Waals surface area contributed by atoms with Crippen molar-refractivity contribution in [2.45, 2.75) is 38.6 Å². The molecule has 1 atom stereocenters. The second kappa shape index (κ2) is 13.0. The van der Waals surface area contributed by atoms with Gasteiger partial charge in [0.05, 0.1) is 6.04 Å². The van der Waals surface area contributed by atoms with Gasteiger partial charge in [-0.15, -0.1) is 24.0 Å². The standard InChI is InChI=1S/C21H34FN5O.HI/c1-16-15-18(22)9-8-17(16)10-12-25-21(23-2)24-11-6-14-27-13-5-7-19(27)20(28)26(3)4;/h8-9,15,19H,5-7,10-14H2,1-4H3,(H2,23,24,25);1H. The molecule has 1 unspecified atom stereocenters. The molecule has 6 nitrogen and oxygen atoms in total. The summed E-state index contributed by atoms with van der Waals surface area (Å²) in [6.07, 6.45) is 3.81. The van der Waals surface area contributed by atoms with Gasteiger partial charge < -0.3 is 15.5 Å². The summed E-state index contributed by atoms with van der Waals surface area (Å²) in [6.45, 7) is 5.36. The molecule has 2 rings (SSSR count). The van der Waals surface area contributed by atoms with Gasteiger partial charge in [-0.05, 0) is 62.4 Å². The van der Waals surface area contributed by atoms with Gasteiger partial charge in [-0.2, -0.15) is 0 Å². The highest BCUT2D eigenvalue weighted by molar-refractivity contribution is 14.0. The molecule has 0 aromatic heterocycles. The quantitative estimate of drug-likeness (QED) is 0.240. The molecule has 1 aliphatic heterocycles. The number of halogens is 2. The average molecular weight is 519 g/mol. The molecule has 0 saturated carbocycles. The van der Waals surface area contributed by atoms with Crippen molar-refractivity contribution in [3.05, 3.63) is 35.1 Å². The van der Waals surface area contributed by atoms with E-state index in [-0.39, 0.29) is 41.7 Å². The van der Waals surface area contributed by atoms with Crippen LogP contribution in [0.3, 0.4) is 0 Å². The largest absolute Gasteiger partial charge is 0.356 e. The number of nitrogens with zero attached hydrogens (tertiary/aromatic N) is 3. The summed E-state index contributed by atoms with van der Waals surface area (Å²) in [5.74, 6) is 0.778.